The van der Waals surface area contributed by atoms with Gasteiger partial charge in [-0.25, -0.2) is 0 Å². The zero-order valence-electron chi connectivity index (χ0n) is 8.36. The molecule has 92 valence electrons. The predicted molar refractivity (Wildman–Crippen MR) is 63.7 cm³/mol. The van der Waals surface area contributed by atoms with Crippen LogP contribution in [0.5, 0.6) is 0 Å². The highest BCUT2D eigenvalue weighted by atomic mass is 79.9. The highest BCUT2D eigenvalue weighted by molar-refractivity contribution is 9.08. The largest absolute Gasteiger partial charge is 0.702 e. The van der Waals surface area contributed by atoms with E-state index in [2.05, 4.69) is 20.5 Å². The van der Waals surface area contributed by atoms with Crippen molar-refractivity contribution in [1.29, 1.82) is 0 Å². The van der Waals surface area contributed by atoms with E-state index < -0.39 is 21.8 Å². The lowest BCUT2D eigenvalue weighted by molar-refractivity contribution is -0.0741. The van der Waals surface area contributed by atoms with Crippen molar-refractivity contribution in [2.45, 2.75) is 10.9 Å². The lowest BCUT2D eigenvalue weighted by Gasteiger charge is -2.08. The van der Waals surface area contributed by atoms with Crippen molar-refractivity contribution in [2.75, 3.05) is 0 Å². The van der Waals surface area contributed by atoms with Crippen LogP contribution >= 0.6 is 32.2 Å². The number of alkyl halides is 1. The Hall–Kier alpha value is -0.260. The first kappa shape index (κ1) is 14.8. The fourth-order valence-corrected chi connectivity index (χ4v) is 2.67. The molecule has 0 radical (unpaired) electrons. The quantitative estimate of drug-likeness (QED) is 0.430. The Labute approximate surface area is 107 Å². The van der Waals surface area contributed by atoms with E-state index >= 15 is 0 Å². The van der Waals surface area contributed by atoms with Gasteiger partial charge >= 0.3 is 21.8 Å². The van der Waals surface area contributed by atoms with Gasteiger partial charge in [0, 0.05) is 9.90 Å². The third-order valence-electron chi connectivity index (χ3n) is 1.95. The molecular weight excluding hydrogens is 334 g/mol. The lowest BCUT2D eigenvalue weighted by atomic mass is 10.1. The molecule has 0 amide bonds. The van der Waals surface area contributed by atoms with Gasteiger partial charge in [-0.1, -0.05) is 28.1 Å². The third-order valence-corrected chi connectivity index (χ3v) is 4.03. The summed E-state index contributed by atoms with van der Waals surface area (Å²) >= 11 is 3.21. The Morgan fingerprint density at radius 2 is 1.76 bits per heavy atom. The maximum Gasteiger partial charge on any atom is 0.702 e. The van der Waals surface area contributed by atoms with Crippen LogP contribution in [0.4, 0.5) is 0 Å². The molecule has 0 aliphatic heterocycles. The summed E-state index contributed by atoms with van der Waals surface area (Å²) in [7, 11) is -6.45. The molecule has 0 fully saturated rings. The van der Waals surface area contributed by atoms with Crippen LogP contribution in [0.25, 0.3) is 0 Å². The third kappa shape index (κ3) is 3.60. The summed E-state index contributed by atoms with van der Waals surface area (Å²) in [5.41, 5.74) is -1.87. The van der Waals surface area contributed by atoms with Gasteiger partial charge in [0.05, 0.1) is 5.56 Å². The molecule has 0 saturated heterocycles. The molecule has 0 heterocycles. The van der Waals surface area contributed by atoms with Gasteiger partial charge in [0.1, 0.15) is 0 Å². The fraction of sp³-hybridized carbons (Fsp3) is 0.250. The first-order chi connectivity index (χ1) is 7.90. The lowest BCUT2D eigenvalue weighted by Crippen LogP contribution is -2.22. The number of halogens is 1. The molecule has 1 aromatic carbocycles. The van der Waals surface area contributed by atoms with Crippen LogP contribution < -0.4 is 0 Å². The molecule has 1 rings (SSSR count). The number of hydrogen-bond donors (Lipinski definition) is 3. The second-order valence-electron chi connectivity index (χ2n) is 3.04. The number of hydrogen-bond acceptors (Lipinski definition) is 4. The molecule has 3 N–H and O–H groups in total. The molecular formula is C8H9BrO6P2+2. The highest BCUT2D eigenvalue weighted by Crippen LogP contribution is 2.47. The Kier molecular flexibility index (Phi) is 5.28. The van der Waals surface area contributed by atoms with Crippen molar-refractivity contribution in [3.63, 3.8) is 0 Å². The smallest absolute Gasteiger partial charge is 0.317 e. The minimum absolute atomic E-state index is 0.0665. The van der Waals surface area contributed by atoms with E-state index in [4.69, 9.17) is 9.79 Å². The van der Waals surface area contributed by atoms with Gasteiger partial charge in [-0.2, -0.15) is 4.89 Å². The first-order valence-electron chi connectivity index (χ1n) is 4.29. The van der Waals surface area contributed by atoms with Crippen LogP contribution in [0, 0.1) is 0 Å². The molecule has 17 heavy (non-hydrogen) atoms. The van der Waals surface area contributed by atoms with E-state index in [-0.39, 0.29) is 5.56 Å². The normalized spacial score (nSPS) is 16.2. The number of benzene rings is 1. The van der Waals surface area contributed by atoms with Crippen molar-refractivity contribution in [1.82, 2.24) is 0 Å². The second kappa shape index (κ2) is 6.07. The average Bonchev–Trinajstić information content (AvgIpc) is 2.28. The van der Waals surface area contributed by atoms with Gasteiger partial charge in [-0.05, 0) is 26.8 Å². The zero-order valence-corrected chi connectivity index (χ0v) is 11.7. The standard InChI is InChI=1S/C8H7BrO6P2/c9-5-6-1-3-7(4-2-6)8(10,16(11)12)15-17(13)14/h1-4,10H,5H2/p+2. The molecule has 6 nitrogen and oxygen atoms in total. The highest BCUT2D eigenvalue weighted by Gasteiger charge is 2.59. The summed E-state index contributed by atoms with van der Waals surface area (Å²) in [5, 5.41) is 10.4. The molecule has 1 aromatic rings. The summed E-state index contributed by atoms with van der Waals surface area (Å²) in [6.07, 6.45) is 0. The average molecular weight is 343 g/mol. The Morgan fingerprint density at radius 3 is 2.12 bits per heavy atom. The van der Waals surface area contributed by atoms with Gasteiger partial charge in [0.25, 0.3) is 0 Å². The van der Waals surface area contributed by atoms with Gasteiger partial charge < -0.3 is 5.11 Å². The van der Waals surface area contributed by atoms with Crippen molar-refractivity contribution >= 4 is 32.2 Å². The summed E-state index contributed by atoms with van der Waals surface area (Å²) in [5.74, 6) is 0. The molecule has 0 aromatic heterocycles. The van der Waals surface area contributed by atoms with E-state index in [1.165, 1.54) is 12.1 Å². The molecule has 0 spiro atoms. The van der Waals surface area contributed by atoms with Crippen LogP contribution in [0.2, 0.25) is 0 Å². The number of aliphatic hydroxyl groups is 1. The maximum absolute atomic E-state index is 11.0. The molecule has 0 saturated carbocycles. The second-order valence-corrected chi connectivity index (χ2v) is 5.41. The van der Waals surface area contributed by atoms with Crippen molar-refractivity contribution in [2.24, 2.45) is 0 Å². The zero-order chi connectivity index (χ0) is 13.1. The Bertz CT molecular complexity index is 436. The summed E-state index contributed by atoms with van der Waals surface area (Å²) in [6, 6.07) is 5.86. The molecule has 0 aliphatic rings. The van der Waals surface area contributed by atoms with Crippen LogP contribution in [0.3, 0.4) is 0 Å². The summed E-state index contributed by atoms with van der Waals surface area (Å²) in [6.45, 7) is 0. The van der Waals surface area contributed by atoms with E-state index in [9.17, 15) is 14.2 Å². The van der Waals surface area contributed by atoms with Crippen LogP contribution in [0.15, 0.2) is 24.3 Å². The maximum atomic E-state index is 11.0. The van der Waals surface area contributed by atoms with E-state index in [1.54, 1.807) is 12.1 Å². The van der Waals surface area contributed by atoms with Gasteiger partial charge in [0.15, 0.2) is 0 Å². The van der Waals surface area contributed by atoms with Gasteiger partial charge in [-0.3, -0.25) is 0 Å². The Morgan fingerprint density at radius 1 is 1.24 bits per heavy atom. The van der Waals surface area contributed by atoms with E-state index in [1.807, 2.05) is 0 Å². The first-order valence-corrected chi connectivity index (χ1v) is 7.76. The van der Waals surface area contributed by atoms with Crippen LogP contribution in [0.1, 0.15) is 11.1 Å². The van der Waals surface area contributed by atoms with Gasteiger partial charge in [-0.15, -0.1) is 4.89 Å². The summed E-state index contributed by atoms with van der Waals surface area (Å²) < 4.78 is 25.8. The molecule has 0 bridgehead atoms. The number of rotatable bonds is 5. The minimum atomic E-state index is -3.24. The summed E-state index contributed by atoms with van der Waals surface area (Å²) in [4.78, 5) is 17.6. The molecule has 0 aliphatic carbocycles. The molecule has 3 atom stereocenters. The molecule has 3 unspecified atom stereocenters. The van der Waals surface area contributed by atoms with Gasteiger partial charge in [0.2, 0.25) is 0 Å². The van der Waals surface area contributed by atoms with Crippen molar-refractivity contribution in [3.8, 4) is 0 Å². The topological polar surface area (TPSA) is 104 Å². The monoisotopic (exact) mass is 342 g/mol. The Balaban J connectivity index is 3.13. The minimum Gasteiger partial charge on any atom is -0.317 e. The SMILES string of the molecule is O=[P+](O)OC(O)(c1ccc(CBr)cc1)[P+](=O)O. The molecule has 9 heteroatoms. The van der Waals surface area contributed by atoms with Crippen LogP contribution in [-0.2, 0) is 24.5 Å². The van der Waals surface area contributed by atoms with Crippen molar-refractivity contribution in [3.05, 3.63) is 35.4 Å². The van der Waals surface area contributed by atoms with E-state index in [0.717, 1.165) is 5.56 Å². The van der Waals surface area contributed by atoms with E-state index in [0.29, 0.717) is 5.33 Å². The van der Waals surface area contributed by atoms with Crippen molar-refractivity contribution < 1.29 is 28.5 Å². The fourth-order valence-electron chi connectivity index (χ4n) is 1.12. The predicted octanol–water partition coefficient (Wildman–Crippen LogP) is 2.09. The van der Waals surface area contributed by atoms with Crippen LogP contribution in [-0.4, -0.2) is 14.9 Å².